The summed E-state index contributed by atoms with van der Waals surface area (Å²) in [6.45, 7) is 4.37. The highest BCUT2D eigenvalue weighted by Crippen LogP contribution is 2.33. The van der Waals surface area contributed by atoms with E-state index in [-0.39, 0.29) is 0 Å². The van der Waals surface area contributed by atoms with Crippen molar-refractivity contribution in [1.29, 1.82) is 0 Å². The second-order valence-electron chi connectivity index (χ2n) is 4.33. The molecule has 0 aliphatic rings. The molecule has 0 saturated heterocycles. The van der Waals surface area contributed by atoms with Gasteiger partial charge in [-0.1, -0.05) is 26.3 Å². The molecule has 0 fully saturated rings. The molecular weight excluding hydrogens is 212 g/mol. The van der Waals surface area contributed by atoms with E-state index in [1.165, 1.54) is 0 Å². The van der Waals surface area contributed by atoms with Crippen LogP contribution in [-0.4, -0.2) is 15.2 Å². The Kier molecular flexibility index (Phi) is 3.42. The summed E-state index contributed by atoms with van der Waals surface area (Å²) >= 11 is 0. The number of hydrogen-bond acceptors (Lipinski definition) is 3. The van der Waals surface area contributed by atoms with Gasteiger partial charge in [-0.15, -0.1) is 0 Å². The van der Waals surface area contributed by atoms with E-state index in [0.717, 1.165) is 29.7 Å². The normalized spacial score (nSPS) is 12.6. The molecule has 2 aromatic heterocycles. The minimum atomic E-state index is 0.431. The quantitative estimate of drug-likeness (QED) is 0.848. The van der Waals surface area contributed by atoms with Crippen LogP contribution in [0.15, 0.2) is 24.5 Å². The fourth-order valence-electron chi connectivity index (χ4n) is 2.12. The molecule has 1 atom stereocenters. The van der Waals surface area contributed by atoms with Gasteiger partial charge in [0.05, 0.1) is 0 Å². The van der Waals surface area contributed by atoms with E-state index >= 15 is 0 Å². The first-order valence-electron chi connectivity index (χ1n) is 5.98. The van der Waals surface area contributed by atoms with Crippen LogP contribution < -0.4 is 5.73 Å². The number of nitrogens with two attached hydrogens (primary N) is 1. The van der Waals surface area contributed by atoms with Crippen LogP contribution in [0.1, 0.15) is 38.3 Å². The Morgan fingerprint density at radius 1 is 1.47 bits per heavy atom. The van der Waals surface area contributed by atoms with Gasteiger partial charge in [-0.3, -0.25) is 10.1 Å². The van der Waals surface area contributed by atoms with Gasteiger partial charge in [0.1, 0.15) is 0 Å². The third-order valence-electron chi connectivity index (χ3n) is 2.99. The molecule has 0 saturated carbocycles. The Bertz CT molecular complexity index is 475. The maximum atomic E-state index is 5.94. The summed E-state index contributed by atoms with van der Waals surface area (Å²) < 4.78 is 0. The van der Waals surface area contributed by atoms with Gasteiger partial charge < -0.3 is 5.73 Å². The minimum absolute atomic E-state index is 0.431. The van der Waals surface area contributed by atoms with E-state index in [9.17, 15) is 0 Å². The molecule has 0 bridgehead atoms. The van der Waals surface area contributed by atoms with Crippen LogP contribution in [0.3, 0.4) is 0 Å². The number of nitrogens with zero attached hydrogens (tertiary/aromatic N) is 2. The second-order valence-corrected chi connectivity index (χ2v) is 4.33. The Morgan fingerprint density at radius 3 is 2.94 bits per heavy atom. The zero-order chi connectivity index (χ0) is 12.3. The lowest BCUT2D eigenvalue weighted by molar-refractivity contribution is 0.646. The molecule has 90 valence electrons. The third-order valence-corrected chi connectivity index (χ3v) is 2.99. The SMILES string of the molecule is CCCC(C)c1[nH]nc(N)c1-c1cccnc1. The lowest BCUT2D eigenvalue weighted by Crippen LogP contribution is -1.97. The summed E-state index contributed by atoms with van der Waals surface area (Å²) in [5.74, 6) is 0.982. The summed E-state index contributed by atoms with van der Waals surface area (Å²) in [6, 6.07) is 3.92. The largest absolute Gasteiger partial charge is 0.382 e. The number of H-pyrrole nitrogens is 1. The van der Waals surface area contributed by atoms with Crippen LogP contribution in [-0.2, 0) is 0 Å². The molecule has 2 heterocycles. The van der Waals surface area contributed by atoms with Crippen molar-refractivity contribution in [1.82, 2.24) is 15.2 Å². The summed E-state index contributed by atoms with van der Waals surface area (Å²) in [7, 11) is 0. The number of pyridine rings is 1. The van der Waals surface area contributed by atoms with E-state index < -0.39 is 0 Å². The van der Waals surface area contributed by atoms with Crippen LogP contribution in [0.25, 0.3) is 11.1 Å². The first-order chi connectivity index (χ1) is 8.24. The first kappa shape index (κ1) is 11.6. The molecule has 1 unspecified atom stereocenters. The van der Waals surface area contributed by atoms with E-state index in [1.54, 1.807) is 6.20 Å². The highest BCUT2D eigenvalue weighted by molar-refractivity contribution is 5.76. The average molecular weight is 230 g/mol. The average Bonchev–Trinajstić information content (AvgIpc) is 2.73. The molecule has 2 aromatic rings. The number of nitrogen functional groups attached to an aromatic ring is 1. The fourth-order valence-corrected chi connectivity index (χ4v) is 2.12. The van der Waals surface area contributed by atoms with Crippen molar-refractivity contribution in [3.63, 3.8) is 0 Å². The molecule has 0 amide bonds. The van der Waals surface area contributed by atoms with Crippen molar-refractivity contribution in [2.24, 2.45) is 0 Å². The maximum absolute atomic E-state index is 5.94. The molecule has 3 N–H and O–H groups in total. The van der Waals surface area contributed by atoms with E-state index in [0.29, 0.717) is 11.7 Å². The molecule has 2 rings (SSSR count). The number of aromatic nitrogens is 3. The third kappa shape index (κ3) is 2.30. The Morgan fingerprint density at radius 2 is 2.29 bits per heavy atom. The van der Waals surface area contributed by atoms with Crippen LogP contribution in [0.2, 0.25) is 0 Å². The van der Waals surface area contributed by atoms with Crippen LogP contribution >= 0.6 is 0 Å². The Hall–Kier alpha value is -1.84. The van der Waals surface area contributed by atoms with Crippen molar-refractivity contribution in [3.8, 4) is 11.1 Å². The van der Waals surface area contributed by atoms with Gasteiger partial charge in [0.15, 0.2) is 5.82 Å². The van der Waals surface area contributed by atoms with Crippen LogP contribution in [0.5, 0.6) is 0 Å². The molecule has 0 aromatic carbocycles. The molecule has 17 heavy (non-hydrogen) atoms. The molecular formula is C13H18N4. The highest BCUT2D eigenvalue weighted by atomic mass is 15.2. The molecule has 0 aliphatic heterocycles. The standard InChI is InChI=1S/C13H18N4/c1-3-5-9(2)12-11(13(14)17-16-12)10-6-4-7-15-8-10/h4,6-9H,3,5H2,1-2H3,(H3,14,16,17). The van der Waals surface area contributed by atoms with Crippen LogP contribution in [0, 0.1) is 0 Å². The zero-order valence-corrected chi connectivity index (χ0v) is 10.3. The van der Waals surface area contributed by atoms with Gasteiger partial charge in [0.25, 0.3) is 0 Å². The zero-order valence-electron chi connectivity index (χ0n) is 10.3. The van der Waals surface area contributed by atoms with Gasteiger partial charge in [0, 0.05) is 29.2 Å². The second kappa shape index (κ2) is 4.99. The minimum Gasteiger partial charge on any atom is -0.382 e. The summed E-state index contributed by atoms with van der Waals surface area (Å²) in [4.78, 5) is 4.13. The topological polar surface area (TPSA) is 67.6 Å². The Labute approximate surface area is 101 Å². The van der Waals surface area contributed by atoms with Gasteiger partial charge in [-0.2, -0.15) is 5.10 Å². The predicted molar refractivity (Wildman–Crippen MR) is 69.6 cm³/mol. The summed E-state index contributed by atoms with van der Waals surface area (Å²) in [5, 5.41) is 7.18. The van der Waals surface area contributed by atoms with Crippen molar-refractivity contribution in [2.45, 2.75) is 32.6 Å². The van der Waals surface area contributed by atoms with Crippen molar-refractivity contribution in [2.75, 3.05) is 5.73 Å². The van der Waals surface area contributed by atoms with Gasteiger partial charge in [-0.25, -0.2) is 0 Å². The maximum Gasteiger partial charge on any atom is 0.153 e. The van der Waals surface area contributed by atoms with E-state index in [4.69, 9.17) is 5.73 Å². The smallest absolute Gasteiger partial charge is 0.153 e. The lowest BCUT2D eigenvalue weighted by Gasteiger charge is -2.10. The molecule has 0 radical (unpaired) electrons. The van der Waals surface area contributed by atoms with Crippen molar-refractivity contribution < 1.29 is 0 Å². The fraction of sp³-hybridized carbons (Fsp3) is 0.385. The number of anilines is 1. The Balaban J connectivity index is 2.43. The monoisotopic (exact) mass is 230 g/mol. The number of hydrogen-bond donors (Lipinski definition) is 2. The number of aromatic amines is 1. The number of nitrogens with one attached hydrogen (secondary N) is 1. The lowest BCUT2D eigenvalue weighted by atomic mass is 9.96. The molecule has 4 nitrogen and oxygen atoms in total. The molecule has 4 heteroatoms. The van der Waals surface area contributed by atoms with Gasteiger partial charge in [0.2, 0.25) is 0 Å². The summed E-state index contributed by atoms with van der Waals surface area (Å²) in [5.41, 5.74) is 9.07. The van der Waals surface area contributed by atoms with Gasteiger partial charge >= 0.3 is 0 Å². The van der Waals surface area contributed by atoms with Crippen molar-refractivity contribution in [3.05, 3.63) is 30.2 Å². The van der Waals surface area contributed by atoms with Crippen molar-refractivity contribution >= 4 is 5.82 Å². The van der Waals surface area contributed by atoms with E-state index in [2.05, 4.69) is 29.0 Å². The summed E-state index contributed by atoms with van der Waals surface area (Å²) in [6.07, 6.45) is 5.85. The highest BCUT2D eigenvalue weighted by Gasteiger charge is 2.17. The predicted octanol–water partition coefficient (Wildman–Crippen LogP) is 2.96. The first-order valence-corrected chi connectivity index (χ1v) is 5.98. The molecule has 0 spiro atoms. The van der Waals surface area contributed by atoms with Crippen LogP contribution in [0.4, 0.5) is 5.82 Å². The number of rotatable bonds is 4. The van der Waals surface area contributed by atoms with E-state index in [1.807, 2.05) is 18.3 Å². The van der Waals surface area contributed by atoms with Gasteiger partial charge in [-0.05, 0) is 18.4 Å². The molecule has 0 aliphatic carbocycles.